The average molecular weight is 317 g/mol. The Morgan fingerprint density at radius 2 is 1.87 bits per heavy atom. The van der Waals surface area contributed by atoms with Crippen molar-refractivity contribution in [1.29, 1.82) is 0 Å². The molecule has 0 radical (unpaired) electrons. The summed E-state index contributed by atoms with van der Waals surface area (Å²) in [4.78, 5) is 24.1. The monoisotopic (exact) mass is 317 g/mol. The molecule has 1 aliphatic rings. The van der Waals surface area contributed by atoms with Gasteiger partial charge in [0, 0.05) is 29.3 Å². The molecule has 0 bridgehead atoms. The van der Waals surface area contributed by atoms with Crippen molar-refractivity contribution in [2.75, 3.05) is 11.9 Å². The average Bonchev–Trinajstić information content (AvgIpc) is 3.31. The second-order valence-corrected chi connectivity index (χ2v) is 7.16. The highest BCUT2D eigenvalue weighted by Gasteiger charge is 2.29. The van der Waals surface area contributed by atoms with Gasteiger partial charge in [-0.2, -0.15) is 0 Å². The fourth-order valence-corrected chi connectivity index (χ4v) is 2.73. The van der Waals surface area contributed by atoms with Crippen LogP contribution < -0.4 is 16.4 Å². The number of anilines is 1. The van der Waals surface area contributed by atoms with Crippen molar-refractivity contribution in [1.82, 2.24) is 5.32 Å². The number of nitrogens with one attached hydrogen (secondary N) is 2. The van der Waals surface area contributed by atoms with Crippen LogP contribution in [0.2, 0.25) is 0 Å². The van der Waals surface area contributed by atoms with E-state index in [4.69, 9.17) is 5.73 Å². The van der Waals surface area contributed by atoms with E-state index in [0.717, 1.165) is 24.9 Å². The molecule has 4 N–H and O–H groups in total. The number of carbonyl (C=O) groups is 2. The molecule has 5 heteroatoms. The highest BCUT2D eigenvalue weighted by atomic mass is 16.2. The Labute approximate surface area is 138 Å². The molecule has 0 heterocycles. The summed E-state index contributed by atoms with van der Waals surface area (Å²) in [5.74, 6) is 0.539. The minimum atomic E-state index is -0.413. The van der Waals surface area contributed by atoms with Crippen LogP contribution >= 0.6 is 0 Å². The summed E-state index contributed by atoms with van der Waals surface area (Å²) in [7, 11) is 0. The van der Waals surface area contributed by atoms with Crippen LogP contribution in [0.5, 0.6) is 0 Å². The second kappa shape index (κ2) is 7.13. The van der Waals surface area contributed by atoms with E-state index < -0.39 is 5.54 Å². The molecule has 5 nitrogen and oxygen atoms in total. The Balaban J connectivity index is 1.97. The lowest BCUT2D eigenvalue weighted by Gasteiger charge is -2.31. The fraction of sp³-hybridized carbons (Fsp3) is 0.556. The number of hydrogen-bond acceptors (Lipinski definition) is 3. The van der Waals surface area contributed by atoms with Crippen LogP contribution in [0.15, 0.2) is 24.3 Å². The molecular formula is C18H27N3O2. The lowest BCUT2D eigenvalue weighted by Crippen LogP contribution is -2.52. The van der Waals surface area contributed by atoms with E-state index in [1.54, 1.807) is 24.3 Å². The van der Waals surface area contributed by atoms with Gasteiger partial charge in [-0.15, -0.1) is 0 Å². The van der Waals surface area contributed by atoms with Crippen LogP contribution in [0.1, 0.15) is 50.4 Å². The lowest BCUT2D eigenvalue weighted by atomic mass is 9.90. The van der Waals surface area contributed by atoms with Crippen molar-refractivity contribution in [3.8, 4) is 0 Å². The molecule has 126 valence electrons. The molecule has 0 aromatic heterocycles. The molecule has 1 unspecified atom stereocenters. The molecule has 0 aliphatic heterocycles. The van der Waals surface area contributed by atoms with Gasteiger partial charge in [-0.25, -0.2) is 0 Å². The molecule has 2 rings (SSSR count). The van der Waals surface area contributed by atoms with E-state index in [1.165, 1.54) is 0 Å². The van der Waals surface area contributed by atoms with Crippen LogP contribution in [0.4, 0.5) is 5.69 Å². The second-order valence-electron chi connectivity index (χ2n) is 7.16. The van der Waals surface area contributed by atoms with E-state index in [2.05, 4.69) is 24.5 Å². The minimum absolute atomic E-state index is 0.0647. The first-order valence-corrected chi connectivity index (χ1v) is 8.26. The fourth-order valence-electron chi connectivity index (χ4n) is 2.73. The summed E-state index contributed by atoms with van der Waals surface area (Å²) in [6.07, 6.45) is 2.77. The van der Waals surface area contributed by atoms with Gasteiger partial charge in [0.15, 0.2) is 0 Å². The largest absolute Gasteiger partial charge is 0.346 e. The van der Waals surface area contributed by atoms with Crippen molar-refractivity contribution in [2.45, 2.75) is 45.6 Å². The van der Waals surface area contributed by atoms with E-state index in [0.29, 0.717) is 18.0 Å². The highest BCUT2D eigenvalue weighted by molar-refractivity contribution is 5.97. The van der Waals surface area contributed by atoms with Gasteiger partial charge in [0.05, 0.1) is 0 Å². The van der Waals surface area contributed by atoms with Crippen LogP contribution in [-0.4, -0.2) is 23.9 Å². The maximum atomic E-state index is 12.4. The number of benzene rings is 1. The molecule has 1 aliphatic carbocycles. The van der Waals surface area contributed by atoms with E-state index in [-0.39, 0.29) is 17.7 Å². The first kappa shape index (κ1) is 17.5. The highest BCUT2D eigenvalue weighted by Crippen LogP contribution is 2.30. The van der Waals surface area contributed by atoms with Crippen LogP contribution in [-0.2, 0) is 4.79 Å². The predicted molar refractivity (Wildman–Crippen MR) is 92.2 cm³/mol. The number of nitrogens with two attached hydrogens (primary N) is 1. The SMILES string of the molecule is CC(C)CC(C)(CN)NC(=O)c1ccc(NC(=O)C2CC2)cc1. The number of rotatable bonds is 7. The maximum absolute atomic E-state index is 12.4. The predicted octanol–water partition coefficient (Wildman–Crippen LogP) is 2.53. The van der Waals surface area contributed by atoms with Crippen molar-refractivity contribution >= 4 is 17.5 Å². The molecular weight excluding hydrogens is 290 g/mol. The minimum Gasteiger partial charge on any atom is -0.346 e. The van der Waals surface area contributed by atoms with Gasteiger partial charge in [0.2, 0.25) is 5.91 Å². The summed E-state index contributed by atoms with van der Waals surface area (Å²) in [6, 6.07) is 6.98. The molecule has 1 fully saturated rings. The number of amides is 2. The van der Waals surface area contributed by atoms with Crippen molar-refractivity contribution in [2.24, 2.45) is 17.6 Å². The molecule has 1 aromatic rings. The summed E-state index contributed by atoms with van der Waals surface area (Å²) in [6.45, 7) is 6.58. The van der Waals surface area contributed by atoms with E-state index in [9.17, 15) is 9.59 Å². The first-order valence-electron chi connectivity index (χ1n) is 8.26. The van der Waals surface area contributed by atoms with Crippen molar-refractivity contribution in [3.05, 3.63) is 29.8 Å². The van der Waals surface area contributed by atoms with Gasteiger partial charge in [-0.1, -0.05) is 13.8 Å². The Hall–Kier alpha value is -1.88. The first-order chi connectivity index (χ1) is 10.8. The third-order valence-corrected chi connectivity index (χ3v) is 4.09. The van der Waals surface area contributed by atoms with Crippen LogP contribution in [0.25, 0.3) is 0 Å². The van der Waals surface area contributed by atoms with E-state index in [1.807, 2.05) is 6.92 Å². The van der Waals surface area contributed by atoms with Gasteiger partial charge < -0.3 is 16.4 Å². The zero-order chi connectivity index (χ0) is 17.0. The lowest BCUT2D eigenvalue weighted by molar-refractivity contribution is -0.117. The normalized spacial score (nSPS) is 16.7. The van der Waals surface area contributed by atoms with Gasteiger partial charge >= 0.3 is 0 Å². The summed E-state index contributed by atoms with van der Waals surface area (Å²) in [5.41, 5.74) is 6.71. The van der Waals surface area contributed by atoms with Gasteiger partial charge in [-0.05, 0) is 56.4 Å². The van der Waals surface area contributed by atoms with Gasteiger partial charge in [-0.3, -0.25) is 9.59 Å². The Bertz CT molecular complexity index is 564. The molecule has 23 heavy (non-hydrogen) atoms. The molecule has 1 atom stereocenters. The topological polar surface area (TPSA) is 84.2 Å². The standard InChI is InChI=1S/C18H27N3O2/c1-12(2)10-18(3,11-19)21-17(23)14-6-8-15(9-7-14)20-16(22)13-4-5-13/h6-9,12-13H,4-5,10-11,19H2,1-3H3,(H,20,22)(H,21,23). The number of hydrogen-bond donors (Lipinski definition) is 3. The molecule has 0 spiro atoms. The quantitative estimate of drug-likeness (QED) is 0.722. The van der Waals surface area contributed by atoms with Crippen molar-refractivity contribution < 1.29 is 9.59 Å². The zero-order valence-electron chi connectivity index (χ0n) is 14.2. The van der Waals surface area contributed by atoms with E-state index >= 15 is 0 Å². The molecule has 0 saturated heterocycles. The Kier molecular flexibility index (Phi) is 5.42. The van der Waals surface area contributed by atoms with Crippen LogP contribution in [0.3, 0.4) is 0 Å². The maximum Gasteiger partial charge on any atom is 0.251 e. The molecule has 1 aromatic carbocycles. The summed E-state index contributed by atoms with van der Waals surface area (Å²) < 4.78 is 0. The van der Waals surface area contributed by atoms with Gasteiger partial charge in [0.25, 0.3) is 5.91 Å². The Morgan fingerprint density at radius 1 is 1.26 bits per heavy atom. The molecule has 1 saturated carbocycles. The third kappa shape index (κ3) is 5.06. The number of carbonyl (C=O) groups excluding carboxylic acids is 2. The molecule has 2 amide bonds. The Morgan fingerprint density at radius 3 is 2.35 bits per heavy atom. The smallest absolute Gasteiger partial charge is 0.251 e. The third-order valence-electron chi connectivity index (χ3n) is 4.09. The van der Waals surface area contributed by atoms with Crippen molar-refractivity contribution in [3.63, 3.8) is 0 Å². The van der Waals surface area contributed by atoms with Crippen LogP contribution in [0, 0.1) is 11.8 Å². The zero-order valence-corrected chi connectivity index (χ0v) is 14.2. The summed E-state index contributed by atoms with van der Waals surface area (Å²) in [5, 5.41) is 5.89. The van der Waals surface area contributed by atoms with Gasteiger partial charge in [0.1, 0.15) is 0 Å². The summed E-state index contributed by atoms with van der Waals surface area (Å²) >= 11 is 0.